The maximum absolute atomic E-state index is 13.1. The highest BCUT2D eigenvalue weighted by atomic mass is 16.2. The summed E-state index contributed by atoms with van der Waals surface area (Å²) in [5.41, 5.74) is 3.31. The first-order chi connectivity index (χ1) is 15.8. The third-order valence-corrected chi connectivity index (χ3v) is 6.67. The molecule has 7 heteroatoms. The van der Waals surface area contributed by atoms with Gasteiger partial charge in [0.05, 0.1) is 17.3 Å². The highest BCUT2D eigenvalue weighted by Gasteiger charge is 2.37. The van der Waals surface area contributed by atoms with Gasteiger partial charge in [0.25, 0.3) is 5.56 Å². The SMILES string of the molecule is CCC(C)c1ccccc1N1CC(C(=O)Nc2c(C)n(C)n(-c3ccccc3)c2=O)CC1=O. The van der Waals surface area contributed by atoms with Crippen LogP contribution in [0.2, 0.25) is 0 Å². The normalized spacial score (nSPS) is 16.8. The van der Waals surface area contributed by atoms with Crippen LogP contribution in [0.4, 0.5) is 11.4 Å². The van der Waals surface area contributed by atoms with Crippen LogP contribution < -0.4 is 15.8 Å². The van der Waals surface area contributed by atoms with E-state index in [0.717, 1.165) is 23.4 Å². The van der Waals surface area contributed by atoms with E-state index in [1.54, 1.807) is 23.6 Å². The molecule has 1 saturated heterocycles. The topological polar surface area (TPSA) is 76.3 Å². The summed E-state index contributed by atoms with van der Waals surface area (Å²) >= 11 is 0. The van der Waals surface area contributed by atoms with Gasteiger partial charge in [-0.1, -0.05) is 50.2 Å². The first-order valence-corrected chi connectivity index (χ1v) is 11.4. The fourth-order valence-corrected chi connectivity index (χ4v) is 4.42. The summed E-state index contributed by atoms with van der Waals surface area (Å²) in [5, 5.41) is 2.82. The van der Waals surface area contributed by atoms with E-state index in [1.807, 2.05) is 54.6 Å². The van der Waals surface area contributed by atoms with E-state index in [-0.39, 0.29) is 29.5 Å². The number of benzene rings is 2. The largest absolute Gasteiger partial charge is 0.320 e. The van der Waals surface area contributed by atoms with Crippen molar-refractivity contribution in [2.24, 2.45) is 13.0 Å². The van der Waals surface area contributed by atoms with Crippen LogP contribution in [0.3, 0.4) is 0 Å². The Hall–Kier alpha value is -3.61. The molecule has 2 aromatic carbocycles. The Kier molecular flexibility index (Phi) is 6.22. The molecule has 2 amide bonds. The standard InChI is InChI=1S/C26H30N4O3/c1-5-17(2)21-13-9-10-14-22(21)29-16-19(15-23(29)31)25(32)27-24-18(3)28(4)30(26(24)33)20-11-7-6-8-12-20/h6-14,17,19H,5,15-16H2,1-4H3,(H,27,32). The molecule has 0 aliphatic carbocycles. The number of aromatic nitrogens is 2. The van der Waals surface area contributed by atoms with Gasteiger partial charge in [-0.3, -0.25) is 19.1 Å². The third-order valence-electron chi connectivity index (χ3n) is 6.67. The predicted molar refractivity (Wildman–Crippen MR) is 130 cm³/mol. The molecule has 0 radical (unpaired) electrons. The molecule has 4 rings (SSSR count). The zero-order chi connectivity index (χ0) is 23.7. The van der Waals surface area contributed by atoms with Gasteiger partial charge in [0, 0.05) is 25.7 Å². The van der Waals surface area contributed by atoms with E-state index in [0.29, 0.717) is 18.2 Å². The molecule has 3 aromatic rings. The molecule has 1 aliphatic heterocycles. The molecule has 1 aromatic heterocycles. The van der Waals surface area contributed by atoms with Gasteiger partial charge in [-0.15, -0.1) is 0 Å². The predicted octanol–water partition coefficient (Wildman–Crippen LogP) is 3.99. The van der Waals surface area contributed by atoms with Crippen molar-refractivity contribution in [3.05, 3.63) is 76.2 Å². The summed E-state index contributed by atoms with van der Waals surface area (Å²) in [6.07, 6.45) is 1.09. The number of nitrogens with one attached hydrogen (secondary N) is 1. The second-order valence-electron chi connectivity index (χ2n) is 8.70. The van der Waals surface area contributed by atoms with E-state index in [9.17, 15) is 14.4 Å². The lowest BCUT2D eigenvalue weighted by Crippen LogP contribution is -2.30. The molecule has 2 heterocycles. The summed E-state index contributed by atoms with van der Waals surface area (Å²) in [6.45, 7) is 6.36. The smallest absolute Gasteiger partial charge is 0.295 e. The van der Waals surface area contributed by atoms with E-state index < -0.39 is 5.92 Å². The third kappa shape index (κ3) is 4.11. The summed E-state index contributed by atoms with van der Waals surface area (Å²) in [5.74, 6) is -0.591. The number of carbonyl (C=O) groups is 2. The number of nitrogens with zero attached hydrogens (tertiary/aromatic N) is 3. The molecule has 33 heavy (non-hydrogen) atoms. The van der Waals surface area contributed by atoms with Crippen LogP contribution in [-0.4, -0.2) is 27.7 Å². The minimum absolute atomic E-state index is 0.0719. The first-order valence-electron chi connectivity index (χ1n) is 11.4. The number of para-hydroxylation sites is 2. The van der Waals surface area contributed by atoms with Crippen molar-refractivity contribution < 1.29 is 9.59 Å². The number of carbonyl (C=O) groups excluding carboxylic acids is 2. The van der Waals surface area contributed by atoms with E-state index in [4.69, 9.17) is 0 Å². The molecule has 1 fully saturated rings. The molecule has 2 unspecified atom stereocenters. The van der Waals surface area contributed by atoms with Gasteiger partial charge in [-0.2, -0.15) is 0 Å². The first kappa shape index (κ1) is 22.6. The van der Waals surface area contributed by atoms with Crippen molar-refractivity contribution in [1.29, 1.82) is 0 Å². The van der Waals surface area contributed by atoms with Crippen LogP contribution >= 0.6 is 0 Å². The average Bonchev–Trinajstić information content (AvgIpc) is 3.32. The zero-order valence-corrected chi connectivity index (χ0v) is 19.5. The Balaban J connectivity index is 1.57. The van der Waals surface area contributed by atoms with Crippen LogP contribution in [0.15, 0.2) is 59.4 Å². The molecule has 0 saturated carbocycles. The number of hydrogen-bond acceptors (Lipinski definition) is 3. The molecule has 0 bridgehead atoms. The van der Waals surface area contributed by atoms with Crippen LogP contribution in [-0.2, 0) is 16.6 Å². The number of amides is 2. The Bertz CT molecular complexity index is 1240. The maximum atomic E-state index is 13.1. The van der Waals surface area contributed by atoms with Gasteiger partial charge in [-0.25, -0.2) is 4.68 Å². The number of rotatable bonds is 6. The van der Waals surface area contributed by atoms with Gasteiger partial charge < -0.3 is 10.2 Å². The van der Waals surface area contributed by atoms with E-state index >= 15 is 0 Å². The number of anilines is 2. The minimum atomic E-state index is -0.522. The van der Waals surface area contributed by atoms with Crippen LogP contribution in [0, 0.1) is 12.8 Å². The molecule has 1 aliphatic rings. The second kappa shape index (κ2) is 9.10. The highest BCUT2D eigenvalue weighted by Crippen LogP contribution is 2.33. The fraction of sp³-hybridized carbons (Fsp3) is 0.346. The van der Waals surface area contributed by atoms with Crippen LogP contribution in [0.5, 0.6) is 0 Å². The minimum Gasteiger partial charge on any atom is -0.320 e. The Labute approximate surface area is 193 Å². The van der Waals surface area contributed by atoms with Crippen molar-refractivity contribution in [3.8, 4) is 5.69 Å². The molecule has 2 atom stereocenters. The quantitative estimate of drug-likeness (QED) is 0.622. The van der Waals surface area contributed by atoms with Crippen molar-refractivity contribution in [2.75, 3.05) is 16.8 Å². The van der Waals surface area contributed by atoms with E-state index in [1.165, 1.54) is 4.68 Å². The Morgan fingerprint density at radius 3 is 2.45 bits per heavy atom. The van der Waals surface area contributed by atoms with Crippen molar-refractivity contribution >= 4 is 23.2 Å². The van der Waals surface area contributed by atoms with Gasteiger partial charge in [0.2, 0.25) is 11.8 Å². The number of hydrogen-bond donors (Lipinski definition) is 1. The Morgan fingerprint density at radius 1 is 1.09 bits per heavy atom. The average molecular weight is 447 g/mol. The highest BCUT2D eigenvalue weighted by molar-refractivity contribution is 6.04. The van der Waals surface area contributed by atoms with Gasteiger partial charge in [-0.05, 0) is 43.0 Å². The van der Waals surface area contributed by atoms with Crippen molar-refractivity contribution in [1.82, 2.24) is 9.36 Å². The molecule has 1 N–H and O–H groups in total. The van der Waals surface area contributed by atoms with Crippen molar-refractivity contribution in [3.63, 3.8) is 0 Å². The summed E-state index contributed by atoms with van der Waals surface area (Å²) < 4.78 is 3.25. The van der Waals surface area contributed by atoms with E-state index in [2.05, 4.69) is 19.2 Å². The second-order valence-corrected chi connectivity index (χ2v) is 8.70. The summed E-state index contributed by atoms with van der Waals surface area (Å²) in [4.78, 5) is 40.8. The van der Waals surface area contributed by atoms with Crippen LogP contribution in [0.1, 0.15) is 43.9 Å². The van der Waals surface area contributed by atoms with Crippen LogP contribution in [0.25, 0.3) is 5.69 Å². The fourth-order valence-electron chi connectivity index (χ4n) is 4.42. The summed E-state index contributed by atoms with van der Waals surface area (Å²) in [6, 6.07) is 17.2. The molecular formula is C26H30N4O3. The van der Waals surface area contributed by atoms with Gasteiger partial charge in [0.1, 0.15) is 5.69 Å². The lowest BCUT2D eigenvalue weighted by atomic mass is 9.96. The lowest BCUT2D eigenvalue weighted by Gasteiger charge is -2.23. The molecular weight excluding hydrogens is 416 g/mol. The van der Waals surface area contributed by atoms with Gasteiger partial charge >= 0.3 is 0 Å². The lowest BCUT2D eigenvalue weighted by molar-refractivity contribution is -0.122. The monoisotopic (exact) mass is 446 g/mol. The van der Waals surface area contributed by atoms with Crippen molar-refractivity contribution in [2.45, 2.75) is 39.5 Å². The zero-order valence-electron chi connectivity index (χ0n) is 19.5. The molecule has 172 valence electrons. The Morgan fingerprint density at radius 2 is 1.76 bits per heavy atom. The maximum Gasteiger partial charge on any atom is 0.295 e. The summed E-state index contributed by atoms with van der Waals surface area (Å²) in [7, 11) is 1.78. The molecule has 7 nitrogen and oxygen atoms in total. The van der Waals surface area contributed by atoms with Gasteiger partial charge in [0.15, 0.2) is 0 Å². The molecule has 0 spiro atoms.